The molecule has 0 spiro atoms. The third kappa shape index (κ3) is 4.79. The number of rotatable bonds is 6. The van der Waals surface area contributed by atoms with Crippen molar-refractivity contribution in [3.63, 3.8) is 0 Å². The lowest BCUT2D eigenvalue weighted by Gasteiger charge is -2.32. The molecule has 0 N–H and O–H groups in total. The molecule has 0 radical (unpaired) electrons. The Morgan fingerprint density at radius 3 is 1.25 bits per heavy atom. The normalized spacial score (nSPS) is 21.2. The van der Waals surface area contributed by atoms with E-state index in [1.807, 2.05) is 0 Å². The van der Waals surface area contributed by atoms with E-state index in [2.05, 4.69) is 192 Å². The Morgan fingerprint density at radius 2 is 0.750 bits per heavy atom. The average Bonchev–Trinajstić information content (AvgIpc) is 3.44. The molecule has 4 unspecified atom stereocenters. The SMILES string of the molecule is C1=CC2C3C=CC=CC3N(c3ccc(-c4ccc(N(c5ccccc5)c5ccc(-c6ccccc6)cc5)cc4)cc3)C2C=C1. The molecule has 2 nitrogen and oxygen atoms in total. The van der Waals surface area contributed by atoms with E-state index < -0.39 is 0 Å². The predicted molar refractivity (Wildman–Crippen MR) is 186 cm³/mol. The van der Waals surface area contributed by atoms with Crippen LogP contribution in [-0.2, 0) is 0 Å². The summed E-state index contributed by atoms with van der Waals surface area (Å²) in [5.41, 5.74) is 9.56. The van der Waals surface area contributed by atoms with Crippen molar-refractivity contribution >= 4 is 22.7 Å². The highest BCUT2D eigenvalue weighted by Gasteiger charge is 2.45. The molecule has 3 aliphatic rings. The molecule has 1 heterocycles. The molecule has 5 aromatic rings. The minimum Gasteiger partial charge on any atom is -0.357 e. The summed E-state index contributed by atoms with van der Waals surface area (Å²) in [5, 5.41) is 0. The van der Waals surface area contributed by atoms with E-state index in [0.717, 1.165) is 17.1 Å². The van der Waals surface area contributed by atoms with E-state index in [4.69, 9.17) is 0 Å². The van der Waals surface area contributed by atoms with E-state index >= 15 is 0 Å². The molecule has 0 saturated carbocycles. The topological polar surface area (TPSA) is 6.48 Å². The van der Waals surface area contributed by atoms with Crippen LogP contribution in [0.4, 0.5) is 22.7 Å². The molecular weight excluding hydrogens is 532 g/mol. The van der Waals surface area contributed by atoms with Gasteiger partial charge in [-0.15, -0.1) is 0 Å². The average molecular weight is 567 g/mol. The van der Waals surface area contributed by atoms with Gasteiger partial charge in [-0.05, 0) is 70.8 Å². The number of hydrogen-bond acceptors (Lipinski definition) is 2. The van der Waals surface area contributed by atoms with Crippen LogP contribution >= 0.6 is 0 Å². The van der Waals surface area contributed by atoms with E-state index in [1.54, 1.807) is 0 Å². The van der Waals surface area contributed by atoms with E-state index in [0.29, 0.717) is 23.9 Å². The van der Waals surface area contributed by atoms with Gasteiger partial charge in [0.1, 0.15) is 0 Å². The maximum Gasteiger partial charge on any atom is 0.0551 e. The van der Waals surface area contributed by atoms with Crippen molar-refractivity contribution in [2.24, 2.45) is 11.8 Å². The molecular formula is C42H34N2. The van der Waals surface area contributed by atoms with Gasteiger partial charge >= 0.3 is 0 Å². The zero-order valence-electron chi connectivity index (χ0n) is 24.5. The lowest BCUT2D eigenvalue weighted by Crippen LogP contribution is -2.36. The molecule has 8 rings (SSSR count). The van der Waals surface area contributed by atoms with Gasteiger partial charge in [-0.1, -0.05) is 134 Å². The Kier molecular flexibility index (Phi) is 6.81. The molecule has 0 amide bonds. The van der Waals surface area contributed by atoms with Crippen LogP contribution in [0.3, 0.4) is 0 Å². The lowest BCUT2D eigenvalue weighted by molar-refractivity contribution is 0.527. The summed E-state index contributed by atoms with van der Waals surface area (Å²) in [4.78, 5) is 4.92. The fraction of sp³-hybridized carbons (Fsp3) is 0.0952. The Hall–Kier alpha value is -5.34. The Bertz CT molecular complexity index is 1810. The number of anilines is 4. The van der Waals surface area contributed by atoms with Gasteiger partial charge in [0, 0.05) is 34.6 Å². The fourth-order valence-corrected chi connectivity index (χ4v) is 7.12. The van der Waals surface area contributed by atoms with Gasteiger partial charge in [-0.2, -0.15) is 0 Å². The molecule has 212 valence electrons. The van der Waals surface area contributed by atoms with Crippen molar-refractivity contribution in [1.82, 2.24) is 0 Å². The van der Waals surface area contributed by atoms with Crippen molar-refractivity contribution in [2.75, 3.05) is 9.80 Å². The number of benzene rings is 5. The molecule has 4 atom stereocenters. The van der Waals surface area contributed by atoms with Crippen LogP contribution in [0.1, 0.15) is 0 Å². The van der Waals surface area contributed by atoms with Crippen LogP contribution in [0, 0.1) is 11.8 Å². The maximum atomic E-state index is 2.60. The van der Waals surface area contributed by atoms with Crippen molar-refractivity contribution in [2.45, 2.75) is 12.1 Å². The van der Waals surface area contributed by atoms with Gasteiger partial charge in [0.05, 0.1) is 12.1 Å². The first kappa shape index (κ1) is 26.3. The van der Waals surface area contributed by atoms with Crippen LogP contribution in [-0.4, -0.2) is 12.1 Å². The summed E-state index contributed by atoms with van der Waals surface area (Å²) in [6.45, 7) is 0. The van der Waals surface area contributed by atoms with Crippen LogP contribution in [0.5, 0.6) is 0 Å². The highest BCUT2D eigenvalue weighted by molar-refractivity contribution is 5.80. The van der Waals surface area contributed by atoms with Crippen LogP contribution < -0.4 is 9.80 Å². The van der Waals surface area contributed by atoms with Crippen molar-refractivity contribution in [1.29, 1.82) is 0 Å². The van der Waals surface area contributed by atoms with Crippen molar-refractivity contribution < 1.29 is 0 Å². The van der Waals surface area contributed by atoms with Gasteiger partial charge < -0.3 is 9.80 Å². The second kappa shape index (κ2) is 11.4. The molecule has 1 saturated heterocycles. The number of para-hydroxylation sites is 1. The summed E-state index contributed by atoms with van der Waals surface area (Å²) in [6, 6.07) is 48.8. The second-order valence-corrected chi connectivity index (χ2v) is 11.8. The van der Waals surface area contributed by atoms with Crippen molar-refractivity contribution in [3.8, 4) is 22.3 Å². The standard InChI is InChI=1S/C42H34N2/c1-3-11-31(12-4-1)32-19-25-36(26-20-32)43(35-13-5-2-6-14-35)37-27-21-33(22-28-37)34-23-29-38(30-24-34)44-41-17-9-7-15-39(41)40-16-8-10-18-42(40)44/h1-30,39-42H. The monoisotopic (exact) mass is 566 g/mol. The van der Waals surface area contributed by atoms with Gasteiger partial charge in [0.15, 0.2) is 0 Å². The third-order valence-electron chi connectivity index (χ3n) is 9.25. The van der Waals surface area contributed by atoms with Gasteiger partial charge in [0.2, 0.25) is 0 Å². The number of fused-ring (bicyclic) bond motifs is 3. The lowest BCUT2D eigenvalue weighted by atomic mass is 9.83. The highest BCUT2D eigenvalue weighted by Crippen LogP contribution is 2.44. The first-order chi connectivity index (χ1) is 21.8. The predicted octanol–water partition coefficient (Wildman–Crippen LogP) is 10.5. The fourth-order valence-electron chi connectivity index (χ4n) is 7.12. The molecule has 44 heavy (non-hydrogen) atoms. The zero-order valence-corrected chi connectivity index (χ0v) is 24.5. The van der Waals surface area contributed by atoms with E-state index in [9.17, 15) is 0 Å². The summed E-state index contributed by atoms with van der Waals surface area (Å²) >= 11 is 0. The largest absolute Gasteiger partial charge is 0.357 e. The smallest absolute Gasteiger partial charge is 0.0551 e. The number of hydrogen-bond donors (Lipinski definition) is 0. The summed E-state index contributed by atoms with van der Waals surface area (Å²) < 4.78 is 0. The van der Waals surface area contributed by atoms with Crippen molar-refractivity contribution in [3.05, 3.63) is 182 Å². The molecule has 5 aromatic carbocycles. The van der Waals surface area contributed by atoms with Crippen LogP contribution in [0.2, 0.25) is 0 Å². The molecule has 0 aromatic heterocycles. The summed E-state index contributed by atoms with van der Waals surface area (Å²) in [7, 11) is 0. The summed E-state index contributed by atoms with van der Waals surface area (Å²) in [5.74, 6) is 1.03. The van der Waals surface area contributed by atoms with Gasteiger partial charge in [-0.25, -0.2) is 0 Å². The van der Waals surface area contributed by atoms with E-state index in [-0.39, 0.29) is 0 Å². The number of nitrogens with zero attached hydrogens (tertiary/aromatic N) is 2. The third-order valence-corrected chi connectivity index (χ3v) is 9.25. The molecule has 1 fully saturated rings. The van der Waals surface area contributed by atoms with Gasteiger partial charge in [0.25, 0.3) is 0 Å². The molecule has 1 aliphatic heterocycles. The minimum atomic E-state index is 0.387. The second-order valence-electron chi connectivity index (χ2n) is 11.8. The quantitative estimate of drug-likeness (QED) is 0.202. The Balaban J connectivity index is 1.07. The Morgan fingerprint density at radius 1 is 0.364 bits per heavy atom. The van der Waals surface area contributed by atoms with Gasteiger partial charge in [-0.3, -0.25) is 0 Å². The summed E-state index contributed by atoms with van der Waals surface area (Å²) in [6.07, 6.45) is 18.3. The zero-order chi connectivity index (χ0) is 29.3. The number of allylic oxidation sites excluding steroid dienone is 4. The first-order valence-corrected chi connectivity index (χ1v) is 15.5. The molecule has 2 heteroatoms. The van der Waals surface area contributed by atoms with Crippen LogP contribution in [0.15, 0.2) is 182 Å². The van der Waals surface area contributed by atoms with E-state index in [1.165, 1.54) is 27.9 Å². The molecule has 2 aliphatic carbocycles. The molecule has 0 bridgehead atoms. The highest BCUT2D eigenvalue weighted by atomic mass is 15.2. The maximum absolute atomic E-state index is 2.60. The van der Waals surface area contributed by atoms with Crippen LogP contribution in [0.25, 0.3) is 22.3 Å². The Labute approximate surface area is 260 Å². The first-order valence-electron chi connectivity index (χ1n) is 15.5. The minimum absolute atomic E-state index is 0.387.